The summed E-state index contributed by atoms with van der Waals surface area (Å²) in [5.74, 6) is 0. The Balaban J connectivity index is 3.40. The zero-order valence-electron chi connectivity index (χ0n) is 18.6. The van der Waals surface area contributed by atoms with Crippen molar-refractivity contribution in [2.75, 3.05) is 0 Å². The lowest BCUT2D eigenvalue weighted by molar-refractivity contribution is -0.112. The van der Waals surface area contributed by atoms with Gasteiger partial charge in [-0.2, -0.15) is 0 Å². The second-order valence-corrected chi connectivity index (χ2v) is 13.6. The van der Waals surface area contributed by atoms with Crippen LogP contribution in [0.15, 0.2) is 12.2 Å². The van der Waals surface area contributed by atoms with Crippen molar-refractivity contribution < 1.29 is 4.79 Å². The normalized spacial score (nSPS) is 12.2. The van der Waals surface area contributed by atoms with Crippen LogP contribution < -0.4 is 0 Å². The smallest absolute Gasteiger partial charge is 0.126 e. The first-order valence-electron chi connectivity index (χ1n) is 11.7. The highest BCUT2D eigenvalue weighted by atomic mass is 28.3. The number of hydrogen-bond donors (Lipinski definition) is 0. The van der Waals surface area contributed by atoms with Gasteiger partial charge in [0.15, 0.2) is 0 Å². The number of allylic oxidation sites excluding steroid dienone is 2. The molecule has 0 aromatic heterocycles. The van der Waals surface area contributed by atoms with Gasteiger partial charge < -0.3 is 4.79 Å². The Labute approximate surface area is 166 Å². The predicted molar refractivity (Wildman–Crippen MR) is 122 cm³/mol. The Morgan fingerprint density at radius 3 is 1.65 bits per heavy atom. The van der Waals surface area contributed by atoms with E-state index in [-0.39, 0.29) is 0 Å². The lowest BCUT2D eigenvalue weighted by Crippen LogP contribution is -2.37. The van der Waals surface area contributed by atoms with Gasteiger partial charge in [0.05, 0.1) is 0 Å². The van der Waals surface area contributed by atoms with E-state index in [0.29, 0.717) is 5.41 Å². The molecule has 0 aliphatic heterocycles. The lowest BCUT2D eigenvalue weighted by atomic mass is 10.1. The van der Waals surface area contributed by atoms with Crippen LogP contribution in [0.5, 0.6) is 0 Å². The predicted octanol–water partition coefficient (Wildman–Crippen LogP) is 8.64. The molecule has 0 aliphatic carbocycles. The third-order valence-corrected chi connectivity index (χ3v) is 8.94. The van der Waals surface area contributed by atoms with Gasteiger partial charge in [-0.25, -0.2) is 0 Å². The summed E-state index contributed by atoms with van der Waals surface area (Å²) in [4.78, 5) is 12.4. The van der Waals surface area contributed by atoms with Crippen molar-refractivity contribution >= 4 is 13.5 Å². The van der Waals surface area contributed by atoms with Crippen LogP contribution in [0.25, 0.3) is 0 Å². The minimum Gasteiger partial charge on any atom is -0.305 e. The maximum Gasteiger partial charge on any atom is 0.126 e. The molecular weight excluding hydrogens is 332 g/mol. The summed E-state index contributed by atoms with van der Waals surface area (Å²) in [5, 5.41) is 0.614. The molecule has 154 valence electrons. The molecule has 0 spiro atoms. The van der Waals surface area contributed by atoms with Gasteiger partial charge in [0, 0.05) is 6.42 Å². The molecule has 0 aromatic rings. The van der Waals surface area contributed by atoms with Crippen molar-refractivity contribution in [3.8, 4) is 0 Å². The molecule has 0 atom stereocenters. The fourth-order valence-electron chi connectivity index (χ4n) is 3.45. The number of carbonyl (C=O) groups excluding carboxylic acids is 1. The molecule has 0 heterocycles. The van der Waals surface area contributed by atoms with Crippen LogP contribution in [0.1, 0.15) is 117 Å². The van der Waals surface area contributed by atoms with Crippen molar-refractivity contribution in [2.24, 2.45) is 0 Å². The fourth-order valence-corrected chi connectivity index (χ4v) is 5.82. The maximum atomic E-state index is 12.4. The molecule has 0 aliphatic rings. The summed E-state index contributed by atoms with van der Waals surface area (Å²) in [6, 6.07) is 1.19. The largest absolute Gasteiger partial charge is 0.305 e. The van der Waals surface area contributed by atoms with Gasteiger partial charge in [-0.05, 0) is 32.1 Å². The molecule has 0 radical (unpaired) electrons. The van der Waals surface area contributed by atoms with Gasteiger partial charge in [0.2, 0.25) is 0 Å². The second kappa shape index (κ2) is 18.0. The average Bonchev–Trinajstić information content (AvgIpc) is 2.63. The molecule has 0 rings (SSSR count). The van der Waals surface area contributed by atoms with Crippen molar-refractivity contribution in [3.05, 3.63) is 12.2 Å². The topological polar surface area (TPSA) is 17.1 Å². The zero-order chi connectivity index (χ0) is 19.5. The average molecular weight is 381 g/mol. The molecule has 0 saturated carbocycles. The van der Waals surface area contributed by atoms with Gasteiger partial charge in [-0.15, -0.1) is 0 Å². The van der Waals surface area contributed by atoms with E-state index in [1.807, 2.05) is 0 Å². The number of carbonyl (C=O) groups is 1. The van der Waals surface area contributed by atoms with Gasteiger partial charge in [0.25, 0.3) is 0 Å². The molecule has 0 bridgehead atoms. The summed E-state index contributed by atoms with van der Waals surface area (Å²) in [6.07, 6.45) is 25.3. The number of unbranched alkanes of at least 4 members (excludes halogenated alkanes) is 12. The molecule has 0 aromatic carbocycles. The van der Waals surface area contributed by atoms with Crippen LogP contribution in [0.3, 0.4) is 0 Å². The van der Waals surface area contributed by atoms with Crippen LogP contribution in [0.2, 0.25) is 19.1 Å². The Morgan fingerprint density at radius 2 is 1.12 bits per heavy atom. The summed E-state index contributed by atoms with van der Waals surface area (Å²) in [6.45, 7) is 9.03. The molecule has 0 unspecified atom stereocenters. The Hall–Kier alpha value is -0.373. The van der Waals surface area contributed by atoms with Crippen molar-refractivity contribution in [1.29, 1.82) is 0 Å². The van der Waals surface area contributed by atoms with Gasteiger partial charge in [-0.1, -0.05) is 109 Å². The lowest BCUT2D eigenvalue weighted by Gasteiger charge is -2.20. The van der Waals surface area contributed by atoms with Gasteiger partial charge in [0.1, 0.15) is 13.5 Å². The monoisotopic (exact) mass is 380 g/mol. The number of rotatable bonds is 19. The van der Waals surface area contributed by atoms with Crippen molar-refractivity contribution in [2.45, 2.75) is 136 Å². The van der Waals surface area contributed by atoms with Crippen LogP contribution in [0, 0.1) is 0 Å². The first-order chi connectivity index (χ1) is 12.5. The Kier molecular flexibility index (Phi) is 17.8. The van der Waals surface area contributed by atoms with Crippen molar-refractivity contribution in [3.63, 3.8) is 0 Å². The zero-order valence-corrected chi connectivity index (χ0v) is 19.6. The molecule has 0 N–H and O–H groups in total. The Morgan fingerprint density at radius 1 is 0.654 bits per heavy atom. The highest BCUT2D eigenvalue weighted by Gasteiger charge is 2.28. The first-order valence-corrected chi connectivity index (χ1v) is 14.9. The second-order valence-electron chi connectivity index (χ2n) is 8.74. The van der Waals surface area contributed by atoms with E-state index in [4.69, 9.17) is 0 Å². The maximum absolute atomic E-state index is 12.4. The van der Waals surface area contributed by atoms with E-state index < -0.39 is 8.07 Å². The van der Waals surface area contributed by atoms with E-state index in [1.54, 1.807) is 0 Å². The summed E-state index contributed by atoms with van der Waals surface area (Å²) >= 11 is 0. The summed E-state index contributed by atoms with van der Waals surface area (Å²) in [5.41, 5.74) is 0. The molecule has 1 nitrogen and oxygen atoms in total. The summed E-state index contributed by atoms with van der Waals surface area (Å²) in [7, 11) is -1.58. The highest BCUT2D eigenvalue weighted by Crippen LogP contribution is 2.18. The van der Waals surface area contributed by atoms with Crippen LogP contribution in [-0.4, -0.2) is 13.5 Å². The van der Waals surface area contributed by atoms with Crippen LogP contribution in [-0.2, 0) is 4.79 Å². The highest BCUT2D eigenvalue weighted by molar-refractivity contribution is 7.04. The van der Waals surface area contributed by atoms with E-state index in [0.717, 1.165) is 12.8 Å². The molecule has 2 heteroatoms. The molecule has 0 fully saturated rings. The molecular formula is C24H48OSi. The minimum absolute atomic E-state index is 0.614. The van der Waals surface area contributed by atoms with Gasteiger partial charge >= 0.3 is 0 Å². The molecule has 0 amide bonds. The third-order valence-electron chi connectivity index (χ3n) is 5.58. The first kappa shape index (κ1) is 25.6. The number of hydrogen-bond acceptors (Lipinski definition) is 1. The standard InChI is InChI=1S/C24H48OSi/c1-5-7-9-10-11-12-13-14-15-16-17-18-19-20-21-22-24(25)26(3,4)23-8-6-2/h14-15H,5-13,16-23H2,1-4H3/b15-14+. The van der Waals surface area contributed by atoms with E-state index in [9.17, 15) is 4.79 Å². The summed E-state index contributed by atoms with van der Waals surface area (Å²) < 4.78 is 0. The minimum atomic E-state index is -1.58. The van der Waals surface area contributed by atoms with Crippen LogP contribution in [0.4, 0.5) is 0 Å². The molecule has 26 heavy (non-hydrogen) atoms. The van der Waals surface area contributed by atoms with E-state index in [1.165, 1.54) is 95.9 Å². The van der Waals surface area contributed by atoms with Gasteiger partial charge in [-0.3, -0.25) is 0 Å². The quantitative estimate of drug-likeness (QED) is 0.124. The van der Waals surface area contributed by atoms with Crippen molar-refractivity contribution in [1.82, 2.24) is 0 Å². The SMILES string of the molecule is CCCCCCCC/C=C/CCCCCCCC(=O)[Si](C)(C)CCCC. The van der Waals surface area contributed by atoms with Crippen LogP contribution >= 0.6 is 0 Å². The Bertz CT molecular complexity index is 346. The fraction of sp³-hybridized carbons (Fsp3) is 0.875. The third kappa shape index (κ3) is 15.8. The molecule has 0 saturated heterocycles. The van der Waals surface area contributed by atoms with E-state index in [2.05, 4.69) is 39.1 Å². The van der Waals surface area contributed by atoms with E-state index >= 15 is 0 Å².